The molecule has 2 rings (SSSR count). The minimum Gasteiger partial charge on any atom is -0.497 e. The Kier molecular flexibility index (Phi) is 4.67. The van der Waals surface area contributed by atoms with Crippen molar-refractivity contribution in [1.82, 2.24) is 0 Å². The Balaban J connectivity index is 2.08. The van der Waals surface area contributed by atoms with Crippen LogP contribution in [0.25, 0.3) is 0 Å². The number of hydrogen-bond donors (Lipinski definition) is 1. The molecular weight excluding hydrogens is 291 g/mol. The van der Waals surface area contributed by atoms with Gasteiger partial charge in [-0.15, -0.1) is 0 Å². The highest BCUT2D eigenvalue weighted by Crippen LogP contribution is 2.21. The number of nitro benzene ring substituents is 1. The molecule has 2 aromatic carbocycles. The molecule has 114 valence electrons. The number of methoxy groups -OCH3 is 1. The largest absolute Gasteiger partial charge is 0.497 e. The number of nitrogens with zero attached hydrogens (tertiary/aromatic N) is 1. The average Bonchev–Trinajstić information content (AvgIpc) is 2.50. The fourth-order valence-corrected chi connectivity index (χ4v) is 1.85. The number of amides is 1. The summed E-state index contributed by atoms with van der Waals surface area (Å²) in [7, 11) is 1.53. The van der Waals surface area contributed by atoms with Crippen molar-refractivity contribution in [3.63, 3.8) is 0 Å². The SMILES string of the molecule is COc1ccc(CC(=O)Nc2cc([N+](=O)[O-])ccc2F)cc1. The first-order valence-electron chi connectivity index (χ1n) is 6.36. The minimum atomic E-state index is -0.728. The smallest absolute Gasteiger partial charge is 0.271 e. The molecule has 0 saturated carbocycles. The van der Waals surface area contributed by atoms with Gasteiger partial charge in [-0.05, 0) is 23.8 Å². The molecular formula is C15H13FN2O4. The third-order valence-electron chi connectivity index (χ3n) is 2.96. The van der Waals surface area contributed by atoms with E-state index in [9.17, 15) is 19.3 Å². The van der Waals surface area contributed by atoms with Crippen molar-refractivity contribution >= 4 is 17.3 Å². The molecule has 0 aliphatic rings. The maximum atomic E-state index is 13.6. The van der Waals surface area contributed by atoms with Gasteiger partial charge in [0.1, 0.15) is 11.6 Å². The summed E-state index contributed by atoms with van der Waals surface area (Å²) in [5.74, 6) is -0.535. The van der Waals surface area contributed by atoms with Gasteiger partial charge in [0.15, 0.2) is 0 Å². The van der Waals surface area contributed by atoms with E-state index in [2.05, 4.69) is 5.32 Å². The fraction of sp³-hybridized carbons (Fsp3) is 0.133. The molecule has 1 amide bonds. The van der Waals surface area contributed by atoms with Crippen molar-refractivity contribution in [2.45, 2.75) is 6.42 Å². The van der Waals surface area contributed by atoms with Crippen molar-refractivity contribution in [3.8, 4) is 5.75 Å². The van der Waals surface area contributed by atoms with E-state index in [1.165, 1.54) is 7.11 Å². The zero-order valence-electron chi connectivity index (χ0n) is 11.7. The predicted octanol–water partition coefficient (Wildman–Crippen LogP) is 2.92. The van der Waals surface area contributed by atoms with Crippen molar-refractivity contribution in [1.29, 1.82) is 0 Å². The van der Waals surface area contributed by atoms with Crippen LogP contribution in [-0.2, 0) is 11.2 Å². The van der Waals surface area contributed by atoms with Gasteiger partial charge >= 0.3 is 0 Å². The number of hydrogen-bond acceptors (Lipinski definition) is 4. The molecule has 0 bridgehead atoms. The fourth-order valence-electron chi connectivity index (χ4n) is 1.85. The summed E-state index contributed by atoms with van der Waals surface area (Å²) in [6, 6.07) is 9.80. The van der Waals surface area contributed by atoms with Crippen molar-refractivity contribution in [2.75, 3.05) is 12.4 Å². The normalized spacial score (nSPS) is 10.1. The first kappa shape index (κ1) is 15.4. The highest BCUT2D eigenvalue weighted by molar-refractivity contribution is 5.92. The summed E-state index contributed by atoms with van der Waals surface area (Å²) >= 11 is 0. The standard InChI is InChI=1S/C15H13FN2O4/c1-22-12-5-2-10(3-6-12)8-15(19)17-14-9-11(18(20)21)4-7-13(14)16/h2-7,9H,8H2,1H3,(H,17,19). The van der Waals surface area contributed by atoms with Gasteiger partial charge in [0.25, 0.3) is 5.69 Å². The Hall–Kier alpha value is -2.96. The molecule has 0 unspecified atom stereocenters. The zero-order chi connectivity index (χ0) is 16.1. The number of ether oxygens (including phenoxy) is 1. The molecule has 0 fully saturated rings. The van der Waals surface area contributed by atoms with Gasteiger partial charge in [-0.3, -0.25) is 14.9 Å². The molecule has 0 radical (unpaired) electrons. The first-order chi connectivity index (χ1) is 10.5. The van der Waals surface area contributed by atoms with Gasteiger partial charge < -0.3 is 10.1 Å². The van der Waals surface area contributed by atoms with Gasteiger partial charge in [0.2, 0.25) is 5.91 Å². The van der Waals surface area contributed by atoms with Crippen molar-refractivity contribution in [3.05, 3.63) is 64.0 Å². The monoisotopic (exact) mass is 304 g/mol. The molecule has 6 nitrogen and oxygen atoms in total. The van der Waals surface area contributed by atoms with Crippen LogP contribution in [0.15, 0.2) is 42.5 Å². The number of carbonyl (C=O) groups excluding carboxylic acids is 1. The second-order valence-electron chi connectivity index (χ2n) is 4.49. The van der Waals surface area contributed by atoms with Crippen LogP contribution in [0.2, 0.25) is 0 Å². The summed E-state index contributed by atoms with van der Waals surface area (Å²) in [6.45, 7) is 0. The van der Waals surface area contributed by atoms with Gasteiger partial charge in [-0.2, -0.15) is 0 Å². The number of nitrogens with one attached hydrogen (secondary N) is 1. The molecule has 0 heterocycles. The molecule has 0 saturated heterocycles. The lowest BCUT2D eigenvalue weighted by Gasteiger charge is -2.07. The van der Waals surface area contributed by atoms with Gasteiger partial charge in [-0.25, -0.2) is 4.39 Å². The van der Waals surface area contributed by atoms with E-state index < -0.39 is 16.6 Å². The average molecular weight is 304 g/mol. The van der Waals surface area contributed by atoms with Crippen LogP contribution in [0.3, 0.4) is 0 Å². The Bertz CT molecular complexity index is 701. The summed E-state index contributed by atoms with van der Waals surface area (Å²) in [4.78, 5) is 21.9. The van der Waals surface area contributed by atoms with E-state index in [1.54, 1.807) is 24.3 Å². The number of benzene rings is 2. The summed E-state index contributed by atoms with van der Waals surface area (Å²) < 4.78 is 18.6. The third-order valence-corrected chi connectivity index (χ3v) is 2.96. The van der Waals surface area contributed by atoms with Crippen LogP contribution in [0.4, 0.5) is 15.8 Å². The number of halogens is 1. The maximum absolute atomic E-state index is 13.6. The Morgan fingerprint density at radius 3 is 2.55 bits per heavy atom. The molecule has 0 aliphatic heterocycles. The Morgan fingerprint density at radius 2 is 1.95 bits per heavy atom. The first-order valence-corrected chi connectivity index (χ1v) is 6.36. The van der Waals surface area contributed by atoms with Crippen molar-refractivity contribution in [2.24, 2.45) is 0 Å². The molecule has 1 N–H and O–H groups in total. The Labute approximate surface area is 125 Å². The van der Waals surface area contributed by atoms with E-state index in [0.717, 1.165) is 18.2 Å². The second kappa shape index (κ2) is 6.66. The van der Waals surface area contributed by atoms with Crippen molar-refractivity contribution < 1.29 is 18.8 Å². The summed E-state index contributed by atoms with van der Waals surface area (Å²) in [5.41, 5.74) is 0.206. The topological polar surface area (TPSA) is 81.5 Å². The maximum Gasteiger partial charge on any atom is 0.271 e. The summed E-state index contributed by atoms with van der Waals surface area (Å²) in [6.07, 6.45) is 0.0200. The second-order valence-corrected chi connectivity index (χ2v) is 4.49. The Morgan fingerprint density at radius 1 is 1.27 bits per heavy atom. The number of rotatable bonds is 5. The van der Waals surface area contributed by atoms with E-state index in [1.807, 2.05) is 0 Å². The third kappa shape index (κ3) is 3.78. The lowest BCUT2D eigenvalue weighted by Crippen LogP contribution is -2.15. The number of nitro groups is 1. The molecule has 2 aromatic rings. The van der Waals surface area contributed by atoms with E-state index in [4.69, 9.17) is 4.74 Å². The van der Waals surface area contributed by atoms with Crippen LogP contribution in [0, 0.1) is 15.9 Å². The molecule has 22 heavy (non-hydrogen) atoms. The van der Waals surface area contributed by atoms with Crippen LogP contribution in [-0.4, -0.2) is 17.9 Å². The van der Waals surface area contributed by atoms with Gasteiger partial charge in [-0.1, -0.05) is 12.1 Å². The van der Waals surface area contributed by atoms with Crippen LogP contribution in [0.5, 0.6) is 5.75 Å². The molecule has 0 aliphatic carbocycles. The highest BCUT2D eigenvalue weighted by atomic mass is 19.1. The molecule has 0 aromatic heterocycles. The number of non-ortho nitro benzene ring substituents is 1. The number of anilines is 1. The van der Waals surface area contributed by atoms with E-state index >= 15 is 0 Å². The van der Waals surface area contributed by atoms with Crippen LogP contribution in [0.1, 0.15) is 5.56 Å². The lowest BCUT2D eigenvalue weighted by atomic mass is 10.1. The zero-order valence-corrected chi connectivity index (χ0v) is 11.7. The van der Waals surface area contributed by atoms with E-state index in [0.29, 0.717) is 11.3 Å². The summed E-state index contributed by atoms with van der Waals surface area (Å²) in [5, 5.41) is 13.0. The molecule has 0 atom stereocenters. The van der Waals surface area contributed by atoms with E-state index in [-0.39, 0.29) is 17.8 Å². The quantitative estimate of drug-likeness (QED) is 0.680. The van der Waals surface area contributed by atoms with Gasteiger partial charge in [0, 0.05) is 12.1 Å². The van der Waals surface area contributed by atoms with Crippen LogP contribution < -0.4 is 10.1 Å². The highest BCUT2D eigenvalue weighted by Gasteiger charge is 2.13. The molecule has 7 heteroatoms. The lowest BCUT2D eigenvalue weighted by molar-refractivity contribution is -0.384. The van der Waals surface area contributed by atoms with Crippen LogP contribution >= 0.6 is 0 Å². The minimum absolute atomic E-state index is 0.0200. The number of carbonyl (C=O) groups is 1. The molecule has 0 spiro atoms. The predicted molar refractivity (Wildman–Crippen MR) is 78.4 cm³/mol. The van der Waals surface area contributed by atoms with Gasteiger partial charge in [0.05, 0.1) is 24.1 Å².